The molecule has 28 heavy (non-hydrogen) atoms. The molecule has 0 aromatic heterocycles. The van der Waals surface area contributed by atoms with Crippen LogP contribution in [0, 0.1) is 5.82 Å². The van der Waals surface area contributed by atoms with Gasteiger partial charge in [-0.2, -0.15) is 13.2 Å². The van der Waals surface area contributed by atoms with Crippen molar-refractivity contribution in [2.45, 2.75) is 29.4 Å². The lowest BCUT2D eigenvalue weighted by Crippen LogP contribution is -2.30. The van der Waals surface area contributed by atoms with Crippen molar-refractivity contribution in [2.75, 3.05) is 6.54 Å². The van der Waals surface area contributed by atoms with E-state index in [0.717, 1.165) is 29.0 Å². The summed E-state index contributed by atoms with van der Waals surface area (Å²) in [6, 6.07) is 8.29. The van der Waals surface area contributed by atoms with Gasteiger partial charge in [0.15, 0.2) is 0 Å². The minimum atomic E-state index is -4.44. The van der Waals surface area contributed by atoms with Gasteiger partial charge in [-0.1, -0.05) is 11.8 Å². The first-order valence-electron chi connectivity index (χ1n) is 7.94. The molecule has 0 fully saturated rings. The number of hydrogen-bond donors (Lipinski definition) is 1. The van der Waals surface area contributed by atoms with E-state index in [1.807, 2.05) is 0 Å². The van der Waals surface area contributed by atoms with Crippen LogP contribution in [0.25, 0.3) is 0 Å². The van der Waals surface area contributed by atoms with Crippen LogP contribution in [0.1, 0.15) is 18.1 Å². The maximum atomic E-state index is 13.7. The van der Waals surface area contributed by atoms with E-state index in [9.17, 15) is 27.2 Å². The molecule has 2 aromatic rings. The van der Waals surface area contributed by atoms with Crippen LogP contribution in [0.5, 0.6) is 0 Å². The van der Waals surface area contributed by atoms with Gasteiger partial charge in [0.2, 0.25) is 0 Å². The van der Waals surface area contributed by atoms with Crippen LogP contribution in [-0.4, -0.2) is 28.7 Å². The number of carbonyl (C=O) groups excluding carboxylic acids is 1. The molecule has 5 nitrogen and oxygen atoms in total. The second-order valence-electron chi connectivity index (χ2n) is 5.52. The van der Waals surface area contributed by atoms with Crippen molar-refractivity contribution >= 4 is 23.7 Å². The zero-order chi connectivity index (χ0) is 20.9. The second kappa shape index (κ2) is 9.07. The Morgan fingerprint density at radius 3 is 2.32 bits per heavy atom. The summed E-state index contributed by atoms with van der Waals surface area (Å²) in [7, 11) is 0. The van der Waals surface area contributed by atoms with E-state index < -0.39 is 29.5 Å². The summed E-state index contributed by atoms with van der Waals surface area (Å²) in [5.74, 6) is -3.81. The number of rotatable bonds is 6. The first-order valence-corrected chi connectivity index (χ1v) is 8.75. The number of aliphatic carboxylic acids is 1. The Balaban J connectivity index is 2.21. The molecule has 0 saturated heterocycles. The lowest BCUT2D eigenvalue weighted by Gasteiger charge is -2.20. The monoisotopic (exact) mass is 417 g/mol. The Bertz CT molecular complexity index is 856. The molecule has 0 heterocycles. The summed E-state index contributed by atoms with van der Waals surface area (Å²) in [5, 5.41) is 9.66. The molecule has 0 saturated carbocycles. The van der Waals surface area contributed by atoms with E-state index in [2.05, 4.69) is 0 Å². The van der Waals surface area contributed by atoms with Crippen molar-refractivity contribution in [1.82, 2.24) is 5.06 Å². The van der Waals surface area contributed by atoms with Gasteiger partial charge >= 0.3 is 18.1 Å². The summed E-state index contributed by atoms with van der Waals surface area (Å²) in [4.78, 5) is 27.6. The molecule has 150 valence electrons. The molecule has 0 amide bonds. The first-order chi connectivity index (χ1) is 13.1. The predicted molar refractivity (Wildman–Crippen MR) is 91.8 cm³/mol. The van der Waals surface area contributed by atoms with Gasteiger partial charge in [-0.05, 0) is 55.0 Å². The quantitative estimate of drug-likeness (QED) is 0.428. The molecular formula is C18H15F4NO4S. The summed E-state index contributed by atoms with van der Waals surface area (Å²) >= 11 is 1.10. The van der Waals surface area contributed by atoms with Crippen molar-refractivity contribution in [3.8, 4) is 0 Å². The van der Waals surface area contributed by atoms with Gasteiger partial charge in [0, 0.05) is 16.3 Å². The summed E-state index contributed by atoms with van der Waals surface area (Å²) in [6.45, 7) is 1.65. The molecule has 0 aliphatic carbocycles. The van der Waals surface area contributed by atoms with Gasteiger partial charge in [-0.15, -0.1) is 5.06 Å². The number of carbonyl (C=O) groups is 2. The molecule has 0 aliphatic heterocycles. The van der Waals surface area contributed by atoms with Crippen LogP contribution in [0.3, 0.4) is 0 Å². The van der Waals surface area contributed by atoms with Crippen LogP contribution in [0.2, 0.25) is 0 Å². The number of carboxylic acid groups (broad SMARTS) is 1. The van der Waals surface area contributed by atoms with Gasteiger partial charge in [0.1, 0.15) is 5.82 Å². The number of carboxylic acids is 1. The third kappa shape index (κ3) is 5.96. The average Bonchev–Trinajstić information content (AvgIpc) is 2.62. The van der Waals surface area contributed by atoms with E-state index in [1.165, 1.54) is 30.3 Å². The van der Waals surface area contributed by atoms with Crippen molar-refractivity contribution in [3.05, 3.63) is 59.4 Å². The molecule has 0 aliphatic rings. The highest BCUT2D eigenvalue weighted by Gasteiger charge is 2.30. The van der Waals surface area contributed by atoms with Gasteiger partial charge in [-0.25, -0.2) is 14.0 Å². The number of alkyl halides is 3. The fraction of sp³-hybridized carbons (Fsp3) is 0.222. The molecule has 0 unspecified atom stereocenters. The predicted octanol–water partition coefficient (Wildman–Crippen LogP) is 4.36. The molecule has 0 radical (unpaired) electrons. The maximum Gasteiger partial charge on any atom is 0.436 e. The van der Waals surface area contributed by atoms with E-state index >= 15 is 0 Å². The number of nitrogens with zero attached hydrogens (tertiary/aromatic N) is 1. The normalized spacial score (nSPS) is 11.5. The number of halogens is 4. The average molecular weight is 417 g/mol. The third-order valence-electron chi connectivity index (χ3n) is 3.52. The smallest absolute Gasteiger partial charge is 0.436 e. The molecule has 2 aromatic carbocycles. The third-order valence-corrected chi connectivity index (χ3v) is 4.64. The zero-order valence-corrected chi connectivity index (χ0v) is 15.3. The Morgan fingerprint density at radius 2 is 1.79 bits per heavy atom. The van der Waals surface area contributed by atoms with Crippen LogP contribution >= 0.6 is 11.8 Å². The largest absolute Gasteiger partial charge is 0.473 e. The van der Waals surface area contributed by atoms with Gasteiger partial charge in [-0.3, -0.25) is 0 Å². The Labute approximate surface area is 161 Å². The van der Waals surface area contributed by atoms with E-state index in [0.29, 0.717) is 15.4 Å². The van der Waals surface area contributed by atoms with Crippen LogP contribution in [0.4, 0.5) is 17.6 Å². The maximum absolute atomic E-state index is 13.7. The van der Waals surface area contributed by atoms with Crippen molar-refractivity contribution in [3.63, 3.8) is 0 Å². The first kappa shape index (κ1) is 21.7. The highest BCUT2D eigenvalue weighted by molar-refractivity contribution is 7.99. The SMILES string of the molecule is CCN(Cc1cc(F)ccc1Sc1ccc(C(F)(F)F)cc1)OC(=O)C(=O)O. The summed E-state index contributed by atoms with van der Waals surface area (Å²) in [6.07, 6.45) is -4.44. The fourth-order valence-corrected chi connectivity index (χ4v) is 3.08. The second-order valence-corrected chi connectivity index (χ2v) is 6.63. The molecular weight excluding hydrogens is 402 g/mol. The Hall–Kier alpha value is -2.59. The molecule has 0 spiro atoms. The number of benzene rings is 2. The molecule has 10 heteroatoms. The van der Waals surface area contributed by atoms with Crippen molar-refractivity contribution < 1.29 is 37.1 Å². The van der Waals surface area contributed by atoms with Gasteiger partial charge in [0.05, 0.1) is 12.1 Å². The number of hydrogen-bond acceptors (Lipinski definition) is 5. The zero-order valence-electron chi connectivity index (χ0n) is 14.5. The lowest BCUT2D eigenvalue weighted by molar-refractivity contribution is -0.199. The topological polar surface area (TPSA) is 66.8 Å². The van der Waals surface area contributed by atoms with Gasteiger partial charge < -0.3 is 9.94 Å². The molecule has 0 atom stereocenters. The van der Waals surface area contributed by atoms with E-state index in [4.69, 9.17) is 9.94 Å². The molecule has 1 N–H and O–H groups in total. The van der Waals surface area contributed by atoms with E-state index in [-0.39, 0.29) is 13.1 Å². The van der Waals surface area contributed by atoms with Crippen LogP contribution in [0.15, 0.2) is 52.3 Å². The van der Waals surface area contributed by atoms with Crippen LogP contribution in [-0.2, 0) is 27.1 Å². The highest BCUT2D eigenvalue weighted by Crippen LogP contribution is 2.35. The Kier molecular flexibility index (Phi) is 7.03. The Morgan fingerprint density at radius 1 is 1.14 bits per heavy atom. The fourth-order valence-electron chi connectivity index (χ4n) is 2.17. The van der Waals surface area contributed by atoms with Crippen molar-refractivity contribution in [1.29, 1.82) is 0 Å². The minimum Gasteiger partial charge on any atom is -0.473 e. The number of hydroxylamine groups is 2. The standard InChI is InChI=1S/C18H15F4NO4S/c1-2-23(27-17(26)16(24)25)10-11-9-13(19)5-8-15(11)28-14-6-3-12(4-7-14)18(20,21)22/h3-9H,2,10H2,1H3,(H,24,25). The molecule has 0 bridgehead atoms. The van der Waals surface area contributed by atoms with E-state index in [1.54, 1.807) is 6.92 Å². The van der Waals surface area contributed by atoms with Crippen LogP contribution < -0.4 is 0 Å². The highest BCUT2D eigenvalue weighted by atomic mass is 32.2. The summed E-state index contributed by atoms with van der Waals surface area (Å²) < 4.78 is 51.6. The van der Waals surface area contributed by atoms with Gasteiger partial charge in [0.25, 0.3) is 0 Å². The lowest BCUT2D eigenvalue weighted by atomic mass is 10.2. The summed E-state index contributed by atoms with van der Waals surface area (Å²) in [5.41, 5.74) is -0.404. The molecule has 2 rings (SSSR count). The van der Waals surface area contributed by atoms with Crippen molar-refractivity contribution in [2.24, 2.45) is 0 Å². The minimum absolute atomic E-state index is 0.101.